The first-order chi connectivity index (χ1) is 14.7. The van der Waals surface area contributed by atoms with Gasteiger partial charge in [-0.25, -0.2) is 8.42 Å². The van der Waals surface area contributed by atoms with Crippen LogP contribution in [0.25, 0.3) is 0 Å². The fraction of sp³-hybridized carbons (Fsp3) is 0.478. The zero-order valence-electron chi connectivity index (χ0n) is 17.6. The van der Waals surface area contributed by atoms with Crippen molar-refractivity contribution in [1.82, 2.24) is 9.80 Å². The molecule has 2 heterocycles. The largest absolute Gasteiger partial charge is 0.484 e. The van der Waals surface area contributed by atoms with Crippen molar-refractivity contribution in [2.75, 3.05) is 32.9 Å². The van der Waals surface area contributed by atoms with Gasteiger partial charge in [0, 0.05) is 41.0 Å². The number of hydrogen-bond acceptors (Lipinski definition) is 5. The minimum absolute atomic E-state index is 0.166. The van der Waals surface area contributed by atoms with Gasteiger partial charge in [-0.2, -0.15) is 0 Å². The van der Waals surface area contributed by atoms with Gasteiger partial charge in [-0.3, -0.25) is 4.90 Å². The first kappa shape index (κ1) is 21.5. The predicted octanol–water partition coefficient (Wildman–Crippen LogP) is 4.08. The highest BCUT2D eigenvalue weighted by atomic mass is 35.5. The predicted molar refractivity (Wildman–Crippen MR) is 123 cm³/mol. The van der Waals surface area contributed by atoms with E-state index in [4.69, 9.17) is 27.9 Å². The standard InChI is InChI=1S/C23H26Cl2N2O3S/c1-26-8-7-14-12-27(13-22(14)26)21-11-18-19(9-15(24)10-20(18)25)23(21)30-16-3-5-17(6-4-16)31(2,28)29/h3-6,9-10,14,21-23H,7-8,11-13H2,1-2H3. The number of fused-ring (bicyclic) bond motifs is 2. The number of rotatable bonds is 4. The van der Waals surface area contributed by atoms with Crippen LogP contribution in [-0.4, -0.2) is 63.2 Å². The Labute approximate surface area is 193 Å². The number of likely N-dealkylation sites (N-methyl/N-ethyl adjacent to an activating group) is 1. The van der Waals surface area contributed by atoms with E-state index >= 15 is 0 Å². The molecular formula is C23H26Cl2N2O3S. The third kappa shape index (κ3) is 3.98. The minimum Gasteiger partial charge on any atom is -0.484 e. The van der Waals surface area contributed by atoms with Crippen molar-refractivity contribution in [2.45, 2.75) is 35.9 Å². The van der Waals surface area contributed by atoms with E-state index in [0.29, 0.717) is 27.8 Å². The Morgan fingerprint density at radius 1 is 1.06 bits per heavy atom. The van der Waals surface area contributed by atoms with Crippen LogP contribution in [-0.2, 0) is 16.3 Å². The van der Waals surface area contributed by atoms with E-state index in [1.54, 1.807) is 30.3 Å². The lowest BCUT2D eigenvalue weighted by Crippen LogP contribution is -2.41. The summed E-state index contributed by atoms with van der Waals surface area (Å²) in [5.74, 6) is 1.34. The molecule has 0 radical (unpaired) electrons. The summed E-state index contributed by atoms with van der Waals surface area (Å²) in [6, 6.07) is 11.2. The van der Waals surface area contributed by atoms with Gasteiger partial charge in [0.2, 0.25) is 0 Å². The summed E-state index contributed by atoms with van der Waals surface area (Å²) in [5, 5.41) is 1.28. The van der Waals surface area contributed by atoms with Crippen molar-refractivity contribution < 1.29 is 13.2 Å². The Bertz CT molecular complexity index is 1110. The smallest absolute Gasteiger partial charge is 0.175 e. The number of benzene rings is 2. The van der Waals surface area contributed by atoms with Crippen molar-refractivity contribution >= 4 is 33.0 Å². The van der Waals surface area contributed by atoms with Crippen LogP contribution in [0.1, 0.15) is 23.7 Å². The molecule has 0 spiro atoms. The summed E-state index contributed by atoms with van der Waals surface area (Å²) >= 11 is 12.9. The zero-order chi connectivity index (χ0) is 21.9. The number of ether oxygens (including phenoxy) is 1. The maximum absolute atomic E-state index is 11.8. The number of likely N-dealkylation sites (tertiary alicyclic amines) is 2. The van der Waals surface area contributed by atoms with Gasteiger partial charge >= 0.3 is 0 Å². The van der Waals surface area contributed by atoms with Crippen molar-refractivity contribution in [1.29, 1.82) is 0 Å². The molecule has 5 nitrogen and oxygen atoms in total. The molecular weight excluding hydrogens is 455 g/mol. The molecule has 1 aliphatic carbocycles. The van der Waals surface area contributed by atoms with Crippen LogP contribution < -0.4 is 4.74 Å². The number of nitrogens with zero attached hydrogens (tertiary/aromatic N) is 2. The highest BCUT2D eigenvalue weighted by Crippen LogP contribution is 2.45. The van der Waals surface area contributed by atoms with E-state index < -0.39 is 9.84 Å². The molecule has 8 heteroatoms. The molecule has 0 aromatic heterocycles. The van der Waals surface area contributed by atoms with Crippen LogP contribution in [0.3, 0.4) is 0 Å². The molecule has 4 unspecified atom stereocenters. The summed E-state index contributed by atoms with van der Waals surface area (Å²) < 4.78 is 30.1. The van der Waals surface area contributed by atoms with Crippen LogP contribution in [0.4, 0.5) is 0 Å². The molecule has 0 N–H and O–H groups in total. The Morgan fingerprint density at radius 3 is 2.48 bits per heavy atom. The Hall–Kier alpha value is -1.31. The monoisotopic (exact) mass is 480 g/mol. The molecule has 2 aromatic carbocycles. The second-order valence-electron chi connectivity index (χ2n) is 9.06. The van der Waals surface area contributed by atoms with E-state index in [9.17, 15) is 8.42 Å². The molecule has 2 aromatic rings. The third-order valence-electron chi connectivity index (χ3n) is 7.10. The van der Waals surface area contributed by atoms with Crippen molar-refractivity contribution in [2.24, 2.45) is 5.92 Å². The van der Waals surface area contributed by atoms with E-state index in [1.807, 2.05) is 6.07 Å². The van der Waals surface area contributed by atoms with E-state index in [2.05, 4.69) is 16.8 Å². The molecule has 166 valence electrons. The third-order valence-corrected chi connectivity index (χ3v) is 8.79. The highest BCUT2D eigenvalue weighted by molar-refractivity contribution is 7.90. The zero-order valence-corrected chi connectivity index (χ0v) is 19.9. The summed E-state index contributed by atoms with van der Waals surface area (Å²) in [6.07, 6.45) is 3.06. The Morgan fingerprint density at radius 2 is 1.81 bits per heavy atom. The quantitative estimate of drug-likeness (QED) is 0.659. The number of halogens is 2. The summed E-state index contributed by atoms with van der Waals surface area (Å²) in [4.78, 5) is 5.30. The van der Waals surface area contributed by atoms with E-state index in [1.165, 1.54) is 19.2 Å². The van der Waals surface area contributed by atoms with Gasteiger partial charge in [0.1, 0.15) is 11.9 Å². The van der Waals surface area contributed by atoms with Crippen LogP contribution in [0.15, 0.2) is 41.3 Å². The van der Waals surface area contributed by atoms with Crippen molar-refractivity contribution in [3.8, 4) is 5.75 Å². The molecule has 31 heavy (non-hydrogen) atoms. The van der Waals surface area contributed by atoms with E-state index in [0.717, 1.165) is 30.6 Å². The summed E-state index contributed by atoms with van der Waals surface area (Å²) in [6.45, 7) is 3.26. The first-order valence-corrected chi connectivity index (χ1v) is 13.2. The topological polar surface area (TPSA) is 49.9 Å². The van der Waals surface area contributed by atoms with E-state index in [-0.39, 0.29) is 17.0 Å². The fourth-order valence-corrected chi connectivity index (χ4v) is 6.68. The molecule has 2 saturated heterocycles. The van der Waals surface area contributed by atoms with Gasteiger partial charge in [-0.15, -0.1) is 0 Å². The molecule has 0 bridgehead atoms. The lowest BCUT2D eigenvalue weighted by molar-refractivity contribution is 0.0857. The van der Waals surface area contributed by atoms with Crippen molar-refractivity contribution in [3.05, 3.63) is 57.6 Å². The van der Waals surface area contributed by atoms with Gasteiger partial charge in [0.15, 0.2) is 9.84 Å². The Balaban J connectivity index is 1.46. The lowest BCUT2D eigenvalue weighted by atomic mass is 10.1. The fourth-order valence-electron chi connectivity index (χ4n) is 5.47. The summed E-state index contributed by atoms with van der Waals surface area (Å²) in [5.41, 5.74) is 2.12. The molecule has 4 atom stereocenters. The Kier molecular flexibility index (Phi) is 5.50. The number of sulfone groups is 1. The van der Waals surface area contributed by atoms with Gasteiger partial charge in [0.05, 0.1) is 10.9 Å². The summed E-state index contributed by atoms with van der Waals surface area (Å²) in [7, 11) is -1.03. The second-order valence-corrected chi connectivity index (χ2v) is 11.9. The van der Waals surface area contributed by atoms with Crippen LogP contribution in [0.5, 0.6) is 5.75 Å². The molecule has 5 rings (SSSR count). The normalized spacial score (nSPS) is 28.6. The maximum Gasteiger partial charge on any atom is 0.175 e. The highest BCUT2D eigenvalue weighted by Gasteiger charge is 2.47. The molecule has 2 aliphatic heterocycles. The molecule has 0 amide bonds. The number of hydrogen-bond donors (Lipinski definition) is 0. The minimum atomic E-state index is -3.25. The molecule has 0 saturated carbocycles. The maximum atomic E-state index is 11.8. The molecule has 3 aliphatic rings. The van der Waals surface area contributed by atoms with Gasteiger partial charge in [-0.1, -0.05) is 23.2 Å². The average Bonchev–Trinajstić information content (AvgIpc) is 3.37. The molecule has 2 fully saturated rings. The van der Waals surface area contributed by atoms with Crippen LogP contribution in [0.2, 0.25) is 10.0 Å². The average molecular weight is 481 g/mol. The van der Waals surface area contributed by atoms with Crippen molar-refractivity contribution in [3.63, 3.8) is 0 Å². The van der Waals surface area contributed by atoms with Gasteiger partial charge in [-0.05, 0) is 74.3 Å². The SMILES string of the molecule is CN1CCC2CN(C3Cc4c(Cl)cc(Cl)cc4C3Oc3ccc(S(C)(=O)=O)cc3)CC21. The second kappa shape index (κ2) is 7.92. The van der Waals surface area contributed by atoms with Crippen LogP contribution in [0, 0.1) is 5.92 Å². The van der Waals surface area contributed by atoms with Crippen LogP contribution >= 0.6 is 23.2 Å². The van der Waals surface area contributed by atoms with Gasteiger partial charge < -0.3 is 9.64 Å². The first-order valence-electron chi connectivity index (χ1n) is 10.6. The van der Waals surface area contributed by atoms with Gasteiger partial charge in [0.25, 0.3) is 0 Å². The lowest BCUT2D eigenvalue weighted by Gasteiger charge is -2.31.